The standard InChI is InChI=1S/C15H22N2O4S/c1-15(2,3)21-14(18)17-10-6-7-12(11-17)22(19,20)13-8-4-5-9-16-13/h4-5,8-9,12H,6-7,10-11H2,1-3H3. The van der Waals surface area contributed by atoms with Gasteiger partial charge in [0.1, 0.15) is 5.60 Å². The minimum absolute atomic E-state index is 0.0611. The third-order valence-electron chi connectivity index (χ3n) is 3.40. The molecule has 1 atom stereocenters. The summed E-state index contributed by atoms with van der Waals surface area (Å²) in [7, 11) is -3.53. The van der Waals surface area contributed by atoms with E-state index in [4.69, 9.17) is 4.74 Å². The zero-order valence-corrected chi connectivity index (χ0v) is 14.0. The van der Waals surface area contributed by atoms with Gasteiger partial charge in [0.15, 0.2) is 14.9 Å². The van der Waals surface area contributed by atoms with Crippen molar-refractivity contribution in [1.29, 1.82) is 0 Å². The maximum absolute atomic E-state index is 12.6. The van der Waals surface area contributed by atoms with Crippen LogP contribution in [0.4, 0.5) is 4.79 Å². The van der Waals surface area contributed by atoms with Crippen molar-refractivity contribution in [2.24, 2.45) is 0 Å². The van der Waals surface area contributed by atoms with Crippen LogP contribution in [-0.2, 0) is 14.6 Å². The number of rotatable bonds is 2. The molecular weight excluding hydrogens is 304 g/mol. The van der Waals surface area contributed by atoms with E-state index in [1.807, 2.05) is 0 Å². The fourth-order valence-electron chi connectivity index (χ4n) is 2.37. The molecule has 1 aromatic rings. The molecule has 0 bridgehead atoms. The number of likely N-dealkylation sites (tertiary alicyclic amines) is 1. The Balaban J connectivity index is 2.12. The highest BCUT2D eigenvalue weighted by Crippen LogP contribution is 2.23. The molecule has 1 aliphatic heterocycles. The largest absolute Gasteiger partial charge is 0.444 e. The maximum Gasteiger partial charge on any atom is 0.410 e. The van der Waals surface area contributed by atoms with E-state index in [1.165, 1.54) is 17.2 Å². The van der Waals surface area contributed by atoms with Crippen molar-refractivity contribution in [3.63, 3.8) is 0 Å². The van der Waals surface area contributed by atoms with E-state index in [9.17, 15) is 13.2 Å². The zero-order valence-electron chi connectivity index (χ0n) is 13.2. The van der Waals surface area contributed by atoms with E-state index in [-0.39, 0.29) is 11.6 Å². The lowest BCUT2D eigenvalue weighted by molar-refractivity contribution is 0.0219. The number of amides is 1. The Morgan fingerprint density at radius 2 is 2.09 bits per heavy atom. The van der Waals surface area contributed by atoms with Crippen molar-refractivity contribution in [1.82, 2.24) is 9.88 Å². The molecule has 7 heteroatoms. The molecule has 0 radical (unpaired) electrons. The molecule has 0 aliphatic carbocycles. The summed E-state index contributed by atoms with van der Waals surface area (Å²) >= 11 is 0. The van der Waals surface area contributed by atoms with Crippen molar-refractivity contribution in [3.8, 4) is 0 Å². The Kier molecular flexibility index (Phi) is 4.75. The first-order valence-electron chi connectivity index (χ1n) is 7.33. The van der Waals surface area contributed by atoms with Gasteiger partial charge in [-0.1, -0.05) is 6.07 Å². The van der Waals surface area contributed by atoms with Crippen LogP contribution in [0.3, 0.4) is 0 Å². The third kappa shape index (κ3) is 3.97. The highest BCUT2D eigenvalue weighted by molar-refractivity contribution is 7.92. The first-order chi connectivity index (χ1) is 10.2. The van der Waals surface area contributed by atoms with E-state index in [0.717, 1.165) is 0 Å². The van der Waals surface area contributed by atoms with Crippen molar-refractivity contribution in [2.75, 3.05) is 13.1 Å². The van der Waals surface area contributed by atoms with Gasteiger partial charge in [0.25, 0.3) is 0 Å². The van der Waals surface area contributed by atoms with Gasteiger partial charge in [-0.3, -0.25) is 0 Å². The fourth-order valence-corrected chi connectivity index (χ4v) is 4.04. The van der Waals surface area contributed by atoms with Gasteiger partial charge in [0.05, 0.1) is 5.25 Å². The molecular formula is C15H22N2O4S. The Hall–Kier alpha value is -1.63. The average molecular weight is 326 g/mol. The number of sulfone groups is 1. The summed E-state index contributed by atoms with van der Waals surface area (Å²) in [5.74, 6) is 0. The van der Waals surface area contributed by atoms with E-state index in [0.29, 0.717) is 19.4 Å². The summed E-state index contributed by atoms with van der Waals surface area (Å²) in [6, 6.07) is 4.81. The first kappa shape index (κ1) is 16.7. The van der Waals surface area contributed by atoms with Gasteiger partial charge in [-0.25, -0.2) is 18.2 Å². The van der Waals surface area contributed by atoms with Gasteiger partial charge >= 0.3 is 6.09 Å². The van der Waals surface area contributed by atoms with Crippen LogP contribution in [0.5, 0.6) is 0 Å². The highest BCUT2D eigenvalue weighted by atomic mass is 32.2. The molecule has 122 valence electrons. The topological polar surface area (TPSA) is 76.6 Å². The van der Waals surface area contributed by atoms with E-state index >= 15 is 0 Å². The minimum atomic E-state index is -3.53. The molecule has 6 nitrogen and oxygen atoms in total. The molecule has 22 heavy (non-hydrogen) atoms. The molecule has 1 amide bonds. The van der Waals surface area contributed by atoms with Crippen LogP contribution in [0.15, 0.2) is 29.4 Å². The molecule has 1 aromatic heterocycles. The summed E-state index contributed by atoms with van der Waals surface area (Å²) in [5.41, 5.74) is -0.593. The number of ether oxygens (including phenoxy) is 1. The number of pyridine rings is 1. The van der Waals surface area contributed by atoms with Gasteiger partial charge < -0.3 is 9.64 Å². The van der Waals surface area contributed by atoms with Crippen LogP contribution in [0.25, 0.3) is 0 Å². The predicted molar refractivity (Wildman–Crippen MR) is 82.3 cm³/mol. The third-order valence-corrected chi connectivity index (χ3v) is 5.48. The quantitative estimate of drug-likeness (QED) is 0.833. The van der Waals surface area contributed by atoms with Crippen LogP contribution in [0.2, 0.25) is 0 Å². The van der Waals surface area contributed by atoms with Crippen LogP contribution in [-0.4, -0.2) is 48.3 Å². The molecule has 2 heterocycles. The Labute approximate surface area is 131 Å². The summed E-state index contributed by atoms with van der Waals surface area (Å²) in [5, 5.41) is -0.574. The van der Waals surface area contributed by atoms with E-state index in [1.54, 1.807) is 32.9 Å². The van der Waals surface area contributed by atoms with Crippen molar-refractivity contribution in [3.05, 3.63) is 24.4 Å². The Morgan fingerprint density at radius 3 is 2.68 bits per heavy atom. The number of hydrogen-bond acceptors (Lipinski definition) is 5. The van der Waals surface area contributed by atoms with Gasteiger partial charge in [0, 0.05) is 19.3 Å². The fraction of sp³-hybridized carbons (Fsp3) is 0.600. The highest BCUT2D eigenvalue weighted by Gasteiger charge is 2.35. The van der Waals surface area contributed by atoms with Crippen LogP contribution >= 0.6 is 0 Å². The van der Waals surface area contributed by atoms with Crippen LogP contribution < -0.4 is 0 Å². The van der Waals surface area contributed by atoms with Crippen molar-refractivity contribution in [2.45, 2.75) is 49.5 Å². The SMILES string of the molecule is CC(C)(C)OC(=O)N1CCCC(S(=O)(=O)c2ccccn2)C1. The van der Waals surface area contributed by atoms with Gasteiger partial charge in [-0.05, 0) is 45.7 Å². The minimum Gasteiger partial charge on any atom is -0.444 e. The lowest BCUT2D eigenvalue weighted by atomic mass is 10.1. The molecule has 1 saturated heterocycles. The lowest BCUT2D eigenvalue weighted by Gasteiger charge is -2.33. The second-order valence-corrected chi connectivity index (χ2v) is 8.58. The molecule has 2 rings (SSSR count). The van der Waals surface area contributed by atoms with Crippen LogP contribution in [0, 0.1) is 0 Å². The van der Waals surface area contributed by atoms with Gasteiger partial charge in [0.2, 0.25) is 0 Å². The maximum atomic E-state index is 12.6. The van der Waals surface area contributed by atoms with Gasteiger partial charge in [-0.15, -0.1) is 0 Å². The van der Waals surface area contributed by atoms with E-state index in [2.05, 4.69) is 4.98 Å². The molecule has 1 unspecified atom stereocenters. The smallest absolute Gasteiger partial charge is 0.410 e. The molecule has 0 aromatic carbocycles. The number of carbonyl (C=O) groups is 1. The molecule has 0 N–H and O–H groups in total. The number of nitrogens with zero attached hydrogens (tertiary/aromatic N) is 2. The predicted octanol–water partition coefficient (Wildman–Crippen LogP) is 2.25. The second-order valence-electron chi connectivity index (χ2n) is 6.40. The van der Waals surface area contributed by atoms with Crippen LogP contribution in [0.1, 0.15) is 33.6 Å². The number of piperidine rings is 1. The molecule has 1 aliphatic rings. The molecule has 0 saturated carbocycles. The average Bonchev–Trinajstić information content (AvgIpc) is 2.46. The summed E-state index contributed by atoms with van der Waals surface area (Å²) < 4.78 is 30.5. The molecule has 1 fully saturated rings. The van der Waals surface area contributed by atoms with E-state index < -0.39 is 26.8 Å². The Bertz CT molecular complexity index is 623. The van der Waals surface area contributed by atoms with Crippen molar-refractivity contribution >= 4 is 15.9 Å². The molecule has 0 spiro atoms. The van der Waals surface area contributed by atoms with Gasteiger partial charge in [-0.2, -0.15) is 0 Å². The number of aromatic nitrogens is 1. The Morgan fingerprint density at radius 1 is 1.36 bits per heavy atom. The normalized spacial score (nSPS) is 19.8. The second kappa shape index (κ2) is 6.24. The number of hydrogen-bond donors (Lipinski definition) is 0. The first-order valence-corrected chi connectivity index (χ1v) is 8.87. The summed E-state index contributed by atoms with van der Waals surface area (Å²) in [6.45, 7) is 6.03. The monoisotopic (exact) mass is 326 g/mol. The summed E-state index contributed by atoms with van der Waals surface area (Å²) in [4.78, 5) is 17.5. The van der Waals surface area contributed by atoms with Crippen molar-refractivity contribution < 1.29 is 17.9 Å². The number of carbonyl (C=O) groups excluding carboxylic acids is 1. The zero-order chi connectivity index (χ0) is 16.4. The summed E-state index contributed by atoms with van der Waals surface area (Å²) in [6.07, 6.45) is 2.16. The lowest BCUT2D eigenvalue weighted by Crippen LogP contribution is -2.47.